The molecule has 2 aliphatic rings. The molecule has 1 saturated carbocycles. The third-order valence-electron chi connectivity index (χ3n) is 5.68. The Morgan fingerprint density at radius 1 is 1.24 bits per heavy atom. The number of benzene rings is 1. The lowest BCUT2D eigenvalue weighted by Gasteiger charge is -2.32. The van der Waals surface area contributed by atoms with Crippen LogP contribution in [0.2, 0.25) is 0 Å². The molecule has 2 N–H and O–H groups in total. The summed E-state index contributed by atoms with van der Waals surface area (Å²) in [7, 11) is 1.68. The highest BCUT2D eigenvalue weighted by Crippen LogP contribution is 2.29. The van der Waals surface area contributed by atoms with Crippen LogP contribution in [0.4, 0.5) is 0 Å². The summed E-state index contributed by atoms with van der Waals surface area (Å²) >= 11 is 0. The van der Waals surface area contributed by atoms with E-state index in [4.69, 9.17) is 4.74 Å². The Morgan fingerprint density at radius 2 is 1.88 bits per heavy atom. The van der Waals surface area contributed by atoms with E-state index >= 15 is 0 Å². The summed E-state index contributed by atoms with van der Waals surface area (Å²) < 4.78 is 5.20. The molecule has 3 rings (SSSR count). The average molecular weight is 346 g/mol. The van der Waals surface area contributed by atoms with Crippen molar-refractivity contribution in [2.45, 2.75) is 50.7 Å². The lowest BCUT2D eigenvalue weighted by Crippen LogP contribution is -2.47. The van der Waals surface area contributed by atoms with Gasteiger partial charge in [-0.1, -0.05) is 12.1 Å². The normalized spacial score (nSPS) is 21.2. The number of carbonyl (C=O) groups is 1. The smallest absolute Gasteiger partial charge is 0.251 e. The van der Waals surface area contributed by atoms with E-state index < -0.39 is 5.60 Å². The molecule has 0 atom stereocenters. The second kappa shape index (κ2) is 8.19. The van der Waals surface area contributed by atoms with Crippen LogP contribution in [0.25, 0.3) is 0 Å². The maximum Gasteiger partial charge on any atom is 0.251 e. The number of nitrogens with one attached hydrogen (secondary N) is 1. The molecule has 138 valence electrons. The molecular weight excluding hydrogens is 316 g/mol. The molecule has 1 aliphatic heterocycles. The van der Waals surface area contributed by atoms with Gasteiger partial charge >= 0.3 is 0 Å². The molecule has 0 unspecified atom stereocenters. The fraction of sp³-hybridized carbons (Fsp3) is 0.650. The molecule has 1 aliphatic carbocycles. The predicted molar refractivity (Wildman–Crippen MR) is 97.4 cm³/mol. The van der Waals surface area contributed by atoms with Gasteiger partial charge in [0, 0.05) is 13.1 Å². The van der Waals surface area contributed by atoms with E-state index in [-0.39, 0.29) is 5.91 Å². The second-order valence-corrected chi connectivity index (χ2v) is 7.52. The van der Waals surface area contributed by atoms with Gasteiger partial charge in [0.1, 0.15) is 11.4 Å². The number of piperidine rings is 1. The van der Waals surface area contributed by atoms with E-state index in [0.717, 1.165) is 51.1 Å². The van der Waals surface area contributed by atoms with Crippen molar-refractivity contribution in [1.82, 2.24) is 10.2 Å². The lowest BCUT2D eigenvalue weighted by molar-refractivity contribution is -0.139. The van der Waals surface area contributed by atoms with E-state index in [1.54, 1.807) is 7.11 Å². The van der Waals surface area contributed by atoms with E-state index in [0.29, 0.717) is 25.3 Å². The fourth-order valence-electron chi connectivity index (χ4n) is 3.93. The first-order chi connectivity index (χ1) is 12.1. The summed E-state index contributed by atoms with van der Waals surface area (Å²) in [5, 5.41) is 13.3. The highest BCUT2D eigenvalue weighted by molar-refractivity contribution is 5.85. The Hall–Kier alpha value is -1.59. The maximum atomic E-state index is 12.2. The molecule has 1 heterocycles. The first-order valence-corrected chi connectivity index (χ1v) is 9.45. The first-order valence-electron chi connectivity index (χ1n) is 9.45. The molecule has 1 aromatic carbocycles. The van der Waals surface area contributed by atoms with Gasteiger partial charge in [0.05, 0.1) is 7.11 Å². The number of likely N-dealkylation sites (tertiary alicyclic amines) is 1. The zero-order valence-corrected chi connectivity index (χ0v) is 15.2. The van der Waals surface area contributed by atoms with Crippen molar-refractivity contribution in [2.75, 3.05) is 26.7 Å². The van der Waals surface area contributed by atoms with Gasteiger partial charge in [-0.15, -0.1) is 0 Å². The van der Waals surface area contributed by atoms with Gasteiger partial charge in [-0.2, -0.15) is 0 Å². The van der Waals surface area contributed by atoms with Crippen molar-refractivity contribution in [3.63, 3.8) is 0 Å². The molecule has 1 saturated heterocycles. The van der Waals surface area contributed by atoms with Gasteiger partial charge in [-0.25, -0.2) is 0 Å². The molecule has 0 spiro atoms. The number of hydrogen-bond donors (Lipinski definition) is 2. The van der Waals surface area contributed by atoms with Gasteiger partial charge in [-0.05, 0) is 75.2 Å². The summed E-state index contributed by atoms with van der Waals surface area (Å²) in [6.07, 6.45) is 5.31. The number of nitrogens with zero attached hydrogens (tertiary/aromatic N) is 1. The lowest BCUT2D eigenvalue weighted by atomic mass is 9.95. The summed E-state index contributed by atoms with van der Waals surface area (Å²) in [4.78, 5) is 14.6. The molecule has 0 radical (unpaired) electrons. The van der Waals surface area contributed by atoms with Crippen molar-refractivity contribution < 1.29 is 14.6 Å². The maximum absolute atomic E-state index is 12.2. The van der Waals surface area contributed by atoms with E-state index in [9.17, 15) is 9.90 Å². The minimum atomic E-state index is -1.10. The third-order valence-corrected chi connectivity index (χ3v) is 5.68. The van der Waals surface area contributed by atoms with Crippen molar-refractivity contribution in [3.05, 3.63) is 29.8 Å². The molecule has 0 aromatic heterocycles. The van der Waals surface area contributed by atoms with Crippen molar-refractivity contribution in [2.24, 2.45) is 5.92 Å². The zero-order valence-electron chi connectivity index (χ0n) is 15.2. The molecule has 2 fully saturated rings. The van der Waals surface area contributed by atoms with E-state index in [1.165, 1.54) is 5.56 Å². The van der Waals surface area contributed by atoms with Crippen LogP contribution >= 0.6 is 0 Å². The third kappa shape index (κ3) is 4.73. The molecular formula is C20H30N2O3. The number of carbonyl (C=O) groups excluding carboxylic acids is 1. The molecule has 5 heteroatoms. The fourth-order valence-corrected chi connectivity index (χ4v) is 3.93. The highest BCUT2D eigenvalue weighted by atomic mass is 16.5. The summed E-state index contributed by atoms with van der Waals surface area (Å²) in [6, 6.07) is 8.25. The van der Waals surface area contributed by atoms with Crippen molar-refractivity contribution in [3.8, 4) is 5.75 Å². The van der Waals surface area contributed by atoms with Crippen LogP contribution in [-0.4, -0.2) is 48.3 Å². The molecule has 1 aromatic rings. The van der Waals surface area contributed by atoms with Crippen molar-refractivity contribution in [1.29, 1.82) is 0 Å². The molecule has 25 heavy (non-hydrogen) atoms. The Morgan fingerprint density at radius 3 is 2.48 bits per heavy atom. The second-order valence-electron chi connectivity index (χ2n) is 7.52. The monoisotopic (exact) mass is 346 g/mol. The van der Waals surface area contributed by atoms with Crippen LogP contribution in [0.3, 0.4) is 0 Å². The summed E-state index contributed by atoms with van der Waals surface area (Å²) in [5.41, 5.74) is 0.200. The summed E-state index contributed by atoms with van der Waals surface area (Å²) in [6.45, 7) is 3.76. The molecule has 0 bridgehead atoms. The van der Waals surface area contributed by atoms with Crippen LogP contribution in [0, 0.1) is 5.92 Å². The topological polar surface area (TPSA) is 61.8 Å². The largest absolute Gasteiger partial charge is 0.497 e. The average Bonchev–Trinajstić information content (AvgIpc) is 3.09. The van der Waals surface area contributed by atoms with Gasteiger partial charge in [0.25, 0.3) is 5.91 Å². The van der Waals surface area contributed by atoms with E-state index in [1.807, 2.05) is 12.1 Å². The highest BCUT2D eigenvalue weighted by Gasteiger charge is 2.38. The van der Waals surface area contributed by atoms with Crippen LogP contribution < -0.4 is 10.1 Å². The number of amides is 1. The minimum Gasteiger partial charge on any atom is -0.497 e. The van der Waals surface area contributed by atoms with Crippen molar-refractivity contribution >= 4 is 5.91 Å². The predicted octanol–water partition coefficient (Wildman–Crippen LogP) is 2.33. The Balaban J connectivity index is 1.38. The zero-order chi connectivity index (χ0) is 17.7. The number of rotatable bonds is 6. The van der Waals surface area contributed by atoms with Gasteiger partial charge < -0.3 is 15.2 Å². The number of aliphatic hydroxyl groups is 1. The number of ether oxygens (including phenoxy) is 1. The quantitative estimate of drug-likeness (QED) is 0.830. The Bertz CT molecular complexity index is 559. The first kappa shape index (κ1) is 18.2. The van der Waals surface area contributed by atoms with Crippen LogP contribution in [-0.2, 0) is 11.3 Å². The number of methoxy groups -OCH3 is 1. The van der Waals surface area contributed by atoms with Gasteiger partial charge in [0.15, 0.2) is 0 Å². The Kier molecular flexibility index (Phi) is 5.97. The SMILES string of the molecule is COc1ccc(CN2CCC(CNC(=O)C3(O)CCCC3)CC2)cc1. The van der Waals surface area contributed by atoms with Gasteiger partial charge in [0.2, 0.25) is 0 Å². The number of hydrogen-bond acceptors (Lipinski definition) is 4. The minimum absolute atomic E-state index is 0.161. The van der Waals surface area contributed by atoms with E-state index in [2.05, 4.69) is 22.3 Å². The van der Waals surface area contributed by atoms with Gasteiger partial charge in [-0.3, -0.25) is 9.69 Å². The van der Waals surface area contributed by atoms with Crippen LogP contribution in [0.15, 0.2) is 24.3 Å². The standard InChI is InChI=1S/C20H30N2O3/c1-25-18-6-4-17(5-7-18)15-22-12-8-16(9-13-22)14-21-19(23)20(24)10-2-3-11-20/h4-7,16,24H,2-3,8-15H2,1H3,(H,21,23). The summed E-state index contributed by atoms with van der Waals surface area (Å²) in [5.74, 6) is 1.24. The molecule has 1 amide bonds. The Labute approximate surface area is 150 Å². The van der Waals surface area contributed by atoms with Crippen LogP contribution in [0.5, 0.6) is 5.75 Å². The molecule has 5 nitrogen and oxygen atoms in total. The van der Waals surface area contributed by atoms with Crippen LogP contribution in [0.1, 0.15) is 44.1 Å².